The van der Waals surface area contributed by atoms with Crippen molar-refractivity contribution in [3.8, 4) is 0 Å². The molecule has 2 aromatic heterocycles. The van der Waals surface area contributed by atoms with Crippen molar-refractivity contribution in [3.05, 3.63) is 82.2 Å². The van der Waals surface area contributed by atoms with Crippen LogP contribution in [0, 0.1) is 13.8 Å². The number of nitrogens with one attached hydrogen (secondary N) is 2. The Morgan fingerprint density at radius 2 is 1.19 bits per heavy atom. The van der Waals surface area contributed by atoms with Crippen molar-refractivity contribution < 1.29 is 13.7 Å². The molecule has 0 spiro atoms. The summed E-state index contributed by atoms with van der Waals surface area (Å²) in [5.41, 5.74) is 11.4. The topological polar surface area (TPSA) is 110 Å². The normalized spacial score (nSPS) is 19.0. The number of aromatic nitrogens is 2. The second-order valence-corrected chi connectivity index (χ2v) is 17.5. The van der Waals surface area contributed by atoms with E-state index >= 15 is 0 Å². The molecule has 2 saturated heterocycles. The van der Waals surface area contributed by atoms with Crippen LogP contribution in [-0.4, -0.2) is 75.9 Å². The number of aryl methyl sites for hydroxylation is 2. The smallest absolute Gasteiger partial charge is 0.128 e. The molecule has 4 aliphatic heterocycles. The zero-order chi connectivity index (χ0) is 37.1. The van der Waals surface area contributed by atoms with Crippen LogP contribution in [0.1, 0.15) is 64.5 Å². The van der Waals surface area contributed by atoms with E-state index in [1.165, 1.54) is 32.8 Å². The molecule has 2 fully saturated rings. The van der Waals surface area contributed by atoms with Gasteiger partial charge in [-0.2, -0.15) is 0 Å². The molecule has 8 rings (SSSR count). The van der Waals surface area contributed by atoms with Gasteiger partial charge in [0.2, 0.25) is 0 Å². The van der Waals surface area contributed by atoms with Gasteiger partial charge in [-0.15, -0.1) is 11.8 Å². The number of fused-ring (bicyclic) bond motifs is 2. The lowest BCUT2D eigenvalue weighted by atomic mass is 10.1. The van der Waals surface area contributed by atoms with Crippen LogP contribution in [0.4, 0.5) is 11.4 Å². The number of thioether (sulfide) groups is 1. The third-order valence-corrected chi connectivity index (χ3v) is 14.1. The second-order valence-electron chi connectivity index (χ2n) is 14.4. The summed E-state index contributed by atoms with van der Waals surface area (Å²) in [7, 11) is -1.04. The Morgan fingerprint density at radius 3 is 1.72 bits per heavy atom. The van der Waals surface area contributed by atoms with Crippen LogP contribution in [0.25, 0.3) is 21.8 Å². The molecule has 2 aromatic carbocycles. The number of hydrogen-bond donors (Lipinski definition) is 2. The largest absolute Gasteiger partial charge is 0.381 e. The molecule has 0 amide bonds. The molecule has 1 unspecified atom stereocenters. The van der Waals surface area contributed by atoms with E-state index < -0.39 is 10.8 Å². The van der Waals surface area contributed by atoms with Crippen molar-refractivity contribution in [1.29, 1.82) is 0 Å². The lowest BCUT2D eigenvalue weighted by Gasteiger charge is -2.22. The molecule has 278 valence electrons. The molecular formula is C42H50N6O3S2. The van der Waals surface area contributed by atoms with Crippen LogP contribution < -0.4 is 10.6 Å². The van der Waals surface area contributed by atoms with Gasteiger partial charge in [0.1, 0.15) is 11.7 Å². The molecule has 0 bridgehead atoms. The molecule has 0 radical (unpaired) electrons. The Kier molecular flexibility index (Phi) is 11.7. The minimum Gasteiger partial charge on any atom is -0.381 e. The van der Waals surface area contributed by atoms with Gasteiger partial charge in [0.05, 0.1) is 46.3 Å². The van der Waals surface area contributed by atoms with E-state index in [2.05, 4.69) is 77.3 Å². The molecule has 9 nitrogen and oxygen atoms in total. The van der Waals surface area contributed by atoms with Gasteiger partial charge in [0.25, 0.3) is 0 Å². The number of benzene rings is 2. The van der Waals surface area contributed by atoms with E-state index in [9.17, 15) is 4.21 Å². The van der Waals surface area contributed by atoms with Gasteiger partial charge >= 0.3 is 0 Å². The van der Waals surface area contributed by atoms with E-state index in [1.54, 1.807) is 6.20 Å². The highest BCUT2D eigenvalue weighted by molar-refractivity contribution is 8.00. The van der Waals surface area contributed by atoms with Gasteiger partial charge in [-0.1, -0.05) is 0 Å². The number of rotatable bonds is 6. The molecule has 0 saturated carbocycles. The first-order valence-electron chi connectivity index (χ1n) is 18.6. The van der Waals surface area contributed by atoms with Gasteiger partial charge in [-0.05, 0) is 137 Å². The van der Waals surface area contributed by atoms with E-state index in [0.717, 1.165) is 107 Å². The molecule has 6 heterocycles. The van der Waals surface area contributed by atoms with Crippen LogP contribution in [0.5, 0.6) is 0 Å². The molecular weight excluding hydrogens is 701 g/mol. The number of pyridine rings is 2. The summed E-state index contributed by atoms with van der Waals surface area (Å²) in [5, 5.41) is 9.95. The average Bonchev–Trinajstić information content (AvgIpc) is 3.66. The van der Waals surface area contributed by atoms with Crippen LogP contribution in [-0.2, 0) is 20.3 Å². The SMILES string of the molecule is CC1=C(C)C(Nc2ccnc3cc(C)c(S(=O)C4CCOCC4)cc23)=NC1.CC1=C(C)C(Nc2ccnc3cc(C)c(SC4CCOCC4)cc23)=NC1. The first kappa shape index (κ1) is 37.4. The maximum atomic E-state index is 13.2. The summed E-state index contributed by atoms with van der Waals surface area (Å²) < 4.78 is 24.1. The van der Waals surface area contributed by atoms with E-state index in [-0.39, 0.29) is 5.25 Å². The van der Waals surface area contributed by atoms with Crippen LogP contribution in [0.2, 0.25) is 0 Å². The van der Waals surface area contributed by atoms with Gasteiger partial charge in [0.15, 0.2) is 0 Å². The first-order valence-corrected chi connectivity index (χ1v) is 20.7. The van der Waals surface area contributed by atoms with Gasteiger partial charge in [-0.3, -0.25) is 24.2 Å². The maximum Gasteiger partial charge on any atom is 0.128 e. The lowest BCUT2D eigenvalue weighted by Crippen LogP contribution is -2.25. The van der Waals surface area contributed by atoms with Crippen molar-refractivity contribution in [2.24, 2.45) is 9.98 Å². The fourth-order valence-corrected chi connectivity index (χ4v) is 9.76. The molecule has 4 aromatic rings. The standard InChI is InChI=1S/C21H25N3O2S.C21H25N3OS/c1-13-10-19-17(11-20(13)27(25)16-5-8-26-9-6-16)18(4-7-22-19)24-21-15(3)14(2)12-23-21;1-13-10-19-17(11-20(13)26-16-5-8-25-9-6-16)18(4-7-22-19)24-21-15(3)14(2)12-23-21/h4,7,10-11,16H,5-6,8-9,12H2,1-3H3,(H,22,23,24);4,7,10-11,16H,5-6,8-9,12H2,1-3H3,(H,22,23,24). The van der Waals surface area contributed by atoms with E-state index in [0.29, 0.717) is 18.5 Å². The third kappa shape index (κ3) is 8.43. The number of aliphatic imine (C=N–C) groups is 2. The summed E-state index contributed by atoms with van der Waals surface area (Å²) in [6.45, 7) is 17.4. The lowest BCUT2D eigenvalue weighted by molar-refractivity contribution is 0.0992. The quantitative estimate of drug-likeness (QED) is 0.201. The minimum atomic E-state index is -1.04. The monoisotopic (exact) mass is 750 g/mol. The molecule has 53 heavy (non-hydrogen) atoms. The number of anilines is 2. The van der Waals surface area contributed by atoms with Crippen molar-refractivity contribution in [2.45, 2.75) is 87.5 Å². The highest BCUT2D eigenvalue weighted by atomic mass is 32.2. The maximum absolute atomic E-state index is 13.2. The van der Waals surface area contributed by atoms with Crippen molar-refractivity contribution >= 4 is 67.4 Å². The Morgan fingerprint density at radius 1 is 0.679 bits per heavy atom. The Balaban J connectivity index is 0.000000164. The fourth-order valence-electron chi connectivity index (χ4n) is 6.95. The summed E-state index contributed by atoms with van der Waals surface area (Å²) in [6, 6.07) is 12.6. The van der Waals surface area contributed by atoms with Gasteiger partial charge in [-0.25, -0.2) is 0 Å². The minimum absolute atomic E-state index is 0.162. The van der Waals surface area contributed by atoms with Gasteiger partial charge in [0, 0.05) is 69.9 Å². The zero-order valence-corrected chi connectivity index (χ0v) is 33.3. The van der Waals surface area contributed by atoms with E-state index in [1.807, 2.05) is 49.1 Å². The highest BCUT2D eigenvalue weighted by Gasteiger charge is 2.24. The molecule has 4 aliphatic rings. The number of hydrogen-bond acceptors (Lipinski definition) is 10. The molecule has 0 aliphatic carbocycles. The second kappa shape index (κ2) is 16.6. The predicted molar refractivity (Wildman–Crippen MR) is 222 cm³/mol. The Bertz CT molecular complexity index is 2180. The number of ether oxygens (including phenoxy) is 2. The molecule has 1 atom stereocenters. The van der Waals surface area contributed by atoms with Crippen LogP contribution in [0.3, 0.4) is 0 Å². The molecule has 11 heteroatoms. The number of nitrogens with zero attached hydrogens (tertiary/aromatic N) is 4. The van der Waals surface area contributed by atoms with Crippen molar-refractivity contribution in [3.63, 3.8) is 0 Å². The highest BCUT2D eigenvalue weighted by Crippen LogP contribution is 2.36. The summed E-state index contributed by atoms with van der Waals surface area (Å²) >= 11 is 1.98. The number of amidine groups is 2. The predicted octanol–water partition coefficient (Wildman–Crippen LogP) is 8.96. The molecule has 2 N–H and O–H groups in total. The Hall–Kier alpha value is -3.90. The summed E-state index contributed by atoms with van der Waals surface area (Å²) in [4.78, 5) is 20.6. The Labute approximate surface area is 319 Å². The fraction of sp³-hybridized carbons (Fsp3) is 0.429. The van der Waals surface area contributed by atoms with Crippen LogP contribution >= 0.6 is 11.8 Å². The third-order valence-electron chi connectivity index (χ3n) is 10.7. The summed E-state index contributed by atoms with van der Waals surface area (Å²) in [6.07, 6.45) is 7.63. The van der Waals surface area contributed by atoms with E-state index in [4.69, 9.17) is 9.47 Å². The van der Waals surface area contributed by atoms with Crippen molar-refractivity contribution in [2.75, 3.05) is 50.2 Å². The van der Waals surface area contributed by atoms with Crippen molar-refractivity contribution in [1.82, 2.24) is 9.97 Å². The zero-order valence-electron chi connectivity index (χ0n) is 31.7. The van der Waals surface area contributed by atoms with Gasteiger partial charge < -0.3 is 20.1 Å². The summed E-state index contributed by atoms with van der Waals surface area (Å²) in [5.74, 6) is 1.89. The average molecular weight is 751 g/mol. The van der Waals surface area contributed by atoms with Crippen LogP contribution in [0.15, 0.2) is 90.9 Å². The first-order chi connectivity index (χ1) is 25.7.